The minimum atomic E-state index is 1.04. The lowest BCUT2D eigenvalue weighted by Gasteiger charge is -2.35. The fraction of sp³-hybridized carbons (Fsp3) is 0.947. The Hall–Kier alpha value is 0. The first-order valence-corrected chi connectivity index (χ1v) is 9.24. The zero-order valence-electron chi connectivity index (χ0n) is 13.3. The largest absolute Gasteiger partial charge is 0.0654 e. The first-order chi connectivity index (χ1) is 9.40. The number of hydrogen-bond acceptors (Lipinski definition) is 0. The topological polar surface area (TPSA) is 0 Å². The van der Waals surface area contributed by atoms with E-state index in [0.717, 1.165) is 11.8 Å². The Morgan fingerprint density at radius 2 is 1.47 bits per heavy atom. The van der Waals surface area contributed by atoms with Crippen molar-refractivity contribution in [2.45, 2.75) is 103 Å². The molecule has 0 heteroatoms. The van der Waals surface area contributed by atoms with Crippen molar-refractivity contribution in [1.82, 2.24) is 0 Å². The lowest BCUT2D eigenvalue weighted by atomic mass is 9.70. The van der Waals surface area contributed by atoms with Gasteiger partial charge in [0.25, 0.3) is 0 Å². The van der Waals surface area contributed by atoms with Crippen LogP contribution in [0.3, 0.4) is 0 Å². The summed E-state index contributed by atoms with van der Waals surface area (Å²) in [5, 5.41) is 0. The predicted octanol–water partition coefficient (Wildman–Crippen LogP) is 6.69. The molecule has 0 heterocycles. The van der Waals surface area contributed by atoms with Gasteiger partial charge in [-0.05, 0) is 56.3 Å². The molecule has 0 N–H and O–H groups in total. The highest BCUT2D eigenvalue weighted by Crippen LogP contribution is 2.42. The maximum atomic E-state index is 2.31. The van der Waals surface area contributed by atoms with Gasteiger partial charge < -0.3 is 0 Å². The summed E-state index contributed by atoms with van der Waals surface area (Å²) < 4.78 is 0. The van der Waals surface area contributed by atoms with E-state index in [9.17, 15) is 0 Å². The van der Waals surface area contributed by atoms with E-state index in [1.807, 2.05) is 5.92 Å². The molecule has 0 bridgehead atoms. The first kappa shape index (κ1) is 15.4. The average molecular weight is 263 g/mol. The SMILES string of the molecule is CCCCCCCC1CC[C](C2CCCCC2)CC1. The second-order valence-electron chi connectivity index (χ2n) is 7.14. The van der Waals surface area contributed by atoms with E-state index in [1.54, 1.807) is 0 Å². The van der Waals surface area contributed by atoms with Gasteiger partial charge in [-0.25, -0.2) is 0 Å². The first-order valence-electron chi connectivity index (χ1n) is 9.24. The van der Waals surface area contributed by atoms with Crippen LogP contribution in [0.25, 0.3) is 0 Å². The van der Waals surface area contributed by atoms with Crippen molar-refractivity contribution in [2.24, 2.45) is 11.8 Å². The molecule has 2 rings (SSSR count). The van der Waals surface area contributed by atoms with Gasteiger partial charge in [-0.1, -0.05) is 64.7 Å². The maximum absolute atomic E-state index is 2.31. The van der Waals surface area contributed by atoms with E-state index in [4.69, 9.17) is 0 Å². The van der Waals surface area contributed by atoms with E-state index in [-0.39, 0.29) is 0 Å². The van der Waals surface area contributed by atoms with Gasteiger partial charge in [0.1, 0.15) is 0 Å². The van der Waals surface area contributed by atoms with E-state index in [2.05, 4.69) is 6.92 Å². The molecule has 0 atom stereocenters. The molecule has 0 spiro atoms. The Bertz CT molecular complexity index is 206. The van der Waals surface area contributed by atoms with Gasteiger partial charge in [0.05, 0.1) is 0 Å². The number of hydrogen-bond donors (Lipinski definition) is 0. The summed E-state index contributed by atoms with van der Waals surface area (Å²) in [5.74, 6) is 4.09. The van der Waals surface area contributed by atoms with Gasteiger partial charge in [0, 0.05) is 0 Å². The van der Waals surface area contributed by atoms with Crippen molar-refractivity contribution < 1.29 is 0 Å². The summed E-state index contributed by atoms with van der Waals surface area (Å²) in [5.41, 5.74) is 0. The quantitative estimate of drug-likeness (QED) is 0.449. The van der Waals surface area contributed by atoms with Crippen LogP contribution in [0.15, 0.2) is 0 Å². The molecular weight excluding hydrogens is 228 g/mol. The molecule has 1 radical (unpaired) electrons. The molecule has 0 aromatic heterocycles. The van der Waals surface area contributed by atoms with Crippen LogP contribution >= 0.6 is 0 Å². The maximum Gasteiger partial charge on any atom is -0.0210 e. The molecule has 0 nitrogen and oxygen atoms in total. The third-order valence-corrected chi connectivity index (χ3v) is 5.65. The van der Waals surface area contributed by atoms with Crippen molar-refractivity contribution in [2.75, 3.05) is 0 Å². The van der Waals surface area contributed by atoms with Crippen molar-refractivity contribution in [3.63, 3.8) is 0 Å². The van der Waals surface area contributed by atoms with Crippen LogP contribution in [0.4, 0.5) is 0 Å². The van der Waals surface area contributed by atoms with E-state index >= 15 is 0 Å². The summed E-state index contributed by atoms with van der Waals surface area (Å²) >= 11 is 0. The van der Waals surface area contributed by atoms with Gasteiger partial charge in [0.2, 0.25) is 0 Å². The third kappa shape index (κ3) is 5.48. The molecule has 2 saturated carbocycles. The normalized spacial score (nSPS) is 23.8. The zero-order chi connectivity index (χ0) is 13.3. The minimum absolute atomic E-state index is 1.04. The Balaban J connectivity index is 1.54. The standard InChI is InChI=1S/C19H35/c1-2-3-4-5-7-10-17-13-15-19(16-14-17)18-11-8-6-9-12-18/h17-18H,2-16H2,1H3. The van der Waals surface area contributed by atoms with E-state index in [1.165, 1.54) is 96.3 Å². The van der Waals surface area contributed by atoms with Crippen LogP contribution in [0, 0.1) is 17.8 Å². The molecule has 2 aliphatic carbocycles. The van der Waals surface area contributed by atoms with Gasteiger partial charge >= 0.3 is 0 Å². The highest BCUT2D eigenvalue weighted by atomic mass is 14.3. The van der Waals surface area contributed by atoms with Crippen LogP contribution in [0.2, 0.25) is 0 Å². The lowest BCUT2D eigenvalue weighted by molar-refractivity contribution is 0.274. The average Bonchev–Trinajstić information content (AvgIpc) is 2.49. The van der Waals surface area contributed by atoms with Crippen molar-refractivity contribution in [1.29, 1.82) is 0 Å². The lowest BCUT2D eigenvalue weighted by Crippen LogP contribution is -2.22. The molecule has 0 aromatic rings. The Morgan fingerprint density at radius 3 is 2.16 bits per heavy atom. The fourth-order valence-electron chi connectivity index (χ4n) is 4.29. The molecule has 19 heavy (non-hydrogen) atoms. The van der Waals surface area contributed by atoms with Gasteiger partial charge in [-0.15, -0.1) is 0 Å². The second-order valence-corrected chi connectivity index (χ2v) is 7.14. The molecule has 111 valence electrons. The van der Waals surface area contributed by atoms with E-state index in [0.29, 0.717) is 0 Å². The molecule has 0 amide bonds. The Labute approximate surface area is 121 Å². The molecule has 0 unspecified atom stereocenters. The summed E-state index contributed by atoms with van der Waals surface area (Å²) in [6, 6.07) is 0. The van der Waals surface area contributed by atoms with Gasteiger partial charge in [0.15, 0.2) is 0 Å². The molecule has 0 saturated heterocycles. The molecule has 2 aliphatic rings. The number of rotatable bonds is 7. The van der Waals surface area contributed by atoms with Crippen LogP contribution in [-0.2, 0) is 0 Å². The summed E-state index contributed by atoms with van der Waals surface area (Å²) in [7, 11) is 0. The van der Waals surface area contributed by atoms with Crippen LogP contribution < -0.4 is 0 Å². The predicted molar refractivity (Wildman–Crippen MR) is 85.2 cm³/mol. The fourth-order valence-corrected chi connectivity index (χ4v) is 4.29. The van der Waals surface area contributed by atoms with Crippen molar-refractivity contribution in [3.05, 3.63) is 5.92 Å². The Morgan fingerprint density at radius 1 is 0.789 bits per heavy atom. The highest BCUT2D eigenvalue weighted by Gasteiger charge is 2.28. The smallest absolute Gasteiger partial charge is 0.0210 e. The molecule has 0 aromatic carbocycles. The third-order valence-electron chi connectivity index (χ3n) is 5.65. The zero-order valence-corrected chi connectivity index (χ0v) is 13.3. The second kappa shape index (κ2) is 9.03. The monoisotopic (exact) mass is 263 g/mol. The van der Waals surface area contributed by atoms with Crippen LogP contribution in [0.5, 0.6) is 0 Å². The summed E-state index contributed by atoms with van der Waals surface area (Å²) in [6.07, 6.45) is 22.4. The summed E-state index contributed by atoms with van der Waals surface area (Å²) in [4.78, 5) is 0. The highest BCUT2D eigenvalue weighted by molar-refractivity contribution is 5.00. The van der Waals surface area contributed by atoms with E-state index < -0.39 is 0 Å². The van der Waals surface area contributed by atoms with Crippen LogP contribution in [0.1, 0.15) is 103 Å². The molecular formula is C19H35. The van der Waals surface area contributed by atoms with Gasteiger partial charge in [-0.2, -0.15) is 0 Å². The number of unbranched alkanes of at least 4 members (excludes halogenated alkanes) is 4. The van der Waals surface area contributed by atoms with Crippen molar-refractivity contribution >= 4 is 0 Å². The minimum Gasteiger partial charge on any atom is -0.0654 e. The molecule has 0 aliphatic heterocycles. The van der Waals surface area contributed by atoms with Crippen molar-refractivity contribution in [3.8, 4) is 0 Å². The molecule has 2 fully saturated rings. The van der Waals surface area contributed by atoms with Gasteiger partial charge in [-0.3, -0.25) is 0 Å². The van der Waals surface area contributed by atoms with Crippen LogP contribution in [-0.4, -0.2) is 0 Å². The Kier molecular flexibility index (Phi) is 7.32. The summed E-state index contributed by atoms with van der Waals surface area (Å²) in [6.45, 7) is 2.31.